The van der Waals surface area contributed by atoms with Crippen LogP contribution in [0.2, 0.25) is 0 Å². The average molecular weight is 419 g/mol. The molecule has 0 aliphatic carbocycles. The van der Waals surface area contributed by atoms with Crippen LogP contribution in [0.3, 0.4) is 0 Å². The van der Waals surface area contributed by atoms with Crippen molar-refractivity contribution >= 4 is 44.6 Å². The first-order chi connectivity index (χ1) is 12.1. The van der Waals surface area contributed by atoms with E-state index in [0.29, 0.717) is 11.7 Å². The highest BCUT2D eigenvalue weighted by Gasteiger charge is 2.13. The molecule has 3 rings (SSSR count). The van der Waals surface area contributed by atoms with Gasteiger partial charge in [-0.05, 0) is 55.2 Å². The molecule has 0 atom stereocenters. The van der Waals surface area contributed by atoms with Crippen LogP contribution in [0, 0.1) is 0 Å². The van der Waals surface area contributed by atoms with Crippen molar-refractivity contribution in [2.75, 3.05) is 43.4 Å². The first-order valence-electron chi connectivity index (χ1n) is 8.43. The number of nitrogens with zero attached hydrogens (tertiary/aromatic N) is 2. The Balaban J connectivity index is 1.49. The fourth-order valence-corrected chi connectivity index (χ4v) is 3.40. The molecule has 2 aromatic carbocycles. The maximum absolute atomic E-state index is 5.37. The summed E-state index contributed by atoms with van der Waals surface area (Å²) in [6.45, 7) is 5.14. The molecule has 0 spiro atoms. The first-order valence-corrected chi connectivity index (χ1v) is 9.63. The maximum Gasteiger partial charge on any atom is 0.171 e. The van der Waals surface area contributed by atoms with Gasteiger partial charge in [0.05, 0.1) is 0 Å². The van der Waals surface area contributed by atoms with E-state index in [0.717, 1.165) is 36.3 Å². The van der Waals surface area contributed by atoms with Crippen molar-refractivity contribution in [2.45, 2.75) is 6.54 Å². The van der Waals surface area contributed by atoms with Crippen LogP contribution in [-0.4, -0.2) is 43.2 Å². The minimum atomic E-state index is 0.626. The minimum absolute atomic E-state index is 0.626. The molecule has 1 fully saturated rings. The summed E-state index contributed by atoms with van der Waals surface area (Å²) in [4.78, 5) is 4.81. The van der Waals surface area contributed by atoms with Gasteiger partial charge in [0.25, 0.3) is 0 Å². The minimum Gasteiger partial charge on any atom is -0.369 e. The molecule has 1 saturated heterocycles. The zero-order chi connectivity index (χ0) is 17.6. The number of rotatable bonds is 4. The van der Waals surface area contributed by atoms with Crippen LogP contribution in [0.1, 0.15) is 5.56 Å². The van der Waals surface area contributed by atoms with E-state index in [1.165, 1.54) is 11.3 Å². The molecule has 0 aromatic heterocycles. The Bertz CT molecular complexity index is 712. The highest BCUT2D eigenvalue weighted by atomic mass is 79.9. The molecular weight excluding hydrogens is 396 g/mol. The number of likely N-dealkylation sites (N-methyl/N-ethyl adjacent to an activating group) is 1. The Morgan fingerprint density at radius 3 is 2.48 bits per heavy atom. The predicted molar refractivity (Wildman–Crippen MR) is 113 cm³/mol. The summed E-state index contributed by atoms with van der Waals surface area (Å²) in [6, 6.07) is 16.7. The molecule has 2 N–H and O–H groups in total. The summed E-state index contributed by atoms with van der Waals surface area (Å²) in [5.74, 6) is 0. The number of anilines is 2. The topological polar surface area (TPSA) is 30.5 Å². The van der Waals surface area contributed by atoms with Gasteiger partial charge in [0, 0.05) is 48.6 Å². The van der Waals surface area contributed by atoms with E-state index in [1.54, 1.807) is 0 Å². The van der Waals surface area contributed by atoms with Crippen LogP contribution in [0.5, 0.6) is 0 Å². The summed E-state index contributed by atoms with van der Waals surface area (Å²) in [5.41, 5.74) is 3.49. The molecule has 2 aromatic rings. The van der Waals surface area contributed by atoms with Gasteiger partial charge in [0.15, 0.2) is 5.11 Å². The van der Waals surface area contributed by atoms with Crippen molar-refractivity contribution in [1.82, 2.24) is 10.2 Å². The largest absolute Gasteiger partial charge is 0.369 e. The van der Waals surface area contributed by atoms with Gasteiger partial charge in [-0.25, -0.2) is 0 Å². The predicted octanol–water partition coefficient (Wildman–Crippen LogP) is 3.69. The summed E-state index contributed by atoms with van der Waals surface area (Å²) in [7, 11) is 2.18. The summed E-state index contributed by atoms with van der Waals surface area (Å²) in [6.07, 6.45) is 0. The van der Waals surface area contributed by atoms with Crippen LogP contribution in [-0.2, 0) is 6.54 Å². The molecule has 1 aliphatic heterocycles. The van der Waals surface area contributed by atoms with Gasteiger partial charge in [0.1, 0.15) is 0 Å². The van der Waals surface area contributed by atoms with Gasteiger partial charge in [-0.15, -0.1) is 0 Å². The summed E-state index contributed by atoms with van der Waals surface area (Å²) in [5, 5.41) is 7.08. The molecule has 0 radical (unpaired) electrons. The van der Waals surface area contributed by atoms with Gasteiger partial charge in [-0.3, -0.25) is 0 Å². The third kappa shape index (κ3) is 5.42. The number of halogens is 1. The van der Waals surface area contributed by atoms with Gasteiger partial charge >= 0.3 is 0 Å². The number of thiocarbonyl (C=S) groups is 1. The second-order valence-corrected chi connectivity index (χ2v) is 7.60. The molecule has 1 heterocycles. The summed E-state index contributed by atoms with van der Waals surface area (Å²) < 4.78 is 1.03. The third-order valence-corrected chi connectivity index (χ3v) is 5.08. The molecule has 0 unspecified atom stereocenters. The van der Waals surface area contributed by atoms with Crippen LogP contribution in [0.15, 0.2) is 53.0 Å². The van der Waals surface area contributed by atoms with Crippen molar-refractivity contribution in [3.8, 4) is 0 Å². The zero-order valence-corrected chi connectivity index (χ0v) is 16.7. The van der Waals surface area contributed by atoms with Gasteiger partial charge in [0.2, 0.25) is 0 Å². The Kier molecular flexibility index (Phi) is 6.29. The van der Waals surface area contributed by atoms with E-state index in [4.69, 9.17) is 12.2 Å². The Morgan fingerprint density at radius 1 is 1.08 bits per heavy atom. The van der Waals surface area contributed by atoms with Crippen molar-refractivity contribution in [2.24, 2.45) is 0 Å². The quantitative estimate of drug-likeness (QED) is 0.739. The lowest BCUT2D eigenvalue weighted by Crippen LogP contribution is -2.44. The van der Waals surface area contributed by atoms with E-state index < -0.39 is 0 Å². The molecule has 25 heavy (non-hydrogen) atoms. The van der Waals surface area contributed by atoms with Gasteiger partial charge in [-0.1, -0.05) is 34.1 Å². The molecular formula is C19H23BrN4S. The van der Waals surface area contributed by atoms with E-state index >= 15 is 0 Å². The van der Waals surface area contributed by atoms with Crippen molar-refractivity contribution in [3.05, 3.63) is 58.6 Å². The molecule has 0 amide bonds. The lowest BCUT2D eigenvalue weighted by molar-refractivity contribution is 0.313. The standard InChI is InChI=1S/C19H23BrN4S/c1-23-9-11-24(12-10-23)18-7-5-15(6-8-18)14-21-19(25)22-17-4-2-3-16(20)13-17/h2-8,13H,9-12,14H2,1H3,(H2,21,22,25). The SMILES string of the molecule is CN1CCN(c2ccc(CNC(=S)Nc3cccc(Br)c3)cc2)CC1. The van der Waals surface area contributed by atoms with Gasteiger partial charge < -0.3 is 20.4 Å². The molecule has 1 aliphatic rings. The van der Waals surface area contributed by atoms with Gasteiger partial charge in [-0.2, -0.15) is 0 Å². The van der Waals surface area contributed by atoms with E-state index in [1.807, 2.05) is 24.3 Å². The molecule has 6 heteroatoms. The molecule has 4 nitrogen and oxygen atoms in total. The van der Waals surface area contributed by atoms with Crippen molar-refractivity contribution in [1.29, 1.82) is 0 Å². The first kappa shape index (κ1) is 18.2. The Labute approximate surface area is 163 Å². The Morgan fingerprint density at radius 2 is 1.80 bits per heavy atom. The second kappa shape index (κ2) is 8.65. The number of piperazine rings is 1. The number of hydrogen-bond acceptors (Lipinski definition) is 3. The average Bonchev–Trinajstić information content (AvgIpc) is 2.61. The number of hydrogen-bond donors (Lipinski definition) is 2. The van der Waals surface area contributed by atoms with Crippen LogP contribution < -0.4 is 15.5 Å². The summed E-state index contributed by atoms with van der Waals surface area (Å²) >= 11 is 8.83. The number of benzene rings is 2. The smallest absolute Gasteiger partial charge is 0.171 e. The monoisotopic (exact) mass is 418 g/mol. The number of nitrogens with one attached hydrogen (secondary N) is 2. The fraction of sp³-hybridized carbons (Fsp3) is 0.316. The highest BCUT2D eigenvalue weighted by Crippen LogP contribution is 2.17. The normalized spacial score (nSPS) is 15.0. The van der Waals surface area contributed by atoms with E-state index in [-0.39, 0.29) is 0 Å². The van der Waals surface area contributed by atoms with Crippen molar-refractivity contribution in [3.63, 3.8) is 0 Å². The zero-order valence-electron chi connectivity index (χ0n) is 14.3. The molecule has 0 saturated carbocycles. The van der Waals surface area contributed by atoms with Crippen LogP contribution >= 0.6 is 28.1 Å². The van der Waals surface area contributed by atoms with E-state index in [2.05, 4.69) is 67.7 Å². The van der Waals surface area contributed by atoms with Crippen LogP contribution in [0.4, 0.5) is 11.4 Å². The lowest BCUT2D eigenvalue weighted by atomic mass is 10.2. The lowest BCUT2D eigenvalue weighted by Gasteiger charge is -2.34. The van der Waals surface area contributed by atoms with Crippen LogP contribution in [0.25, 0.3) is 0 Å². The molecule has 132 valence electrons. The van der Waals surface area contributed by atoms with Crippen molar-refractivity contribution < 1.29 is 0 Å². The Hall–Kier alpha value is -1.63. The molecule has 0 bridgehead atoms. The fourth-order valence-electron chi connectivity index (χ4n) is 2.81. The highest BCUT2D eigenvalue weighted by molar-refractivity contribution is 9.10. The second-order valence-electron chi connectivity index (χ2n) is 6.27. The third-order valence-electron chi connectivity index (χ3n) is 4.34. The maximum atomic E-state index is 5.37. The van der Waals surface area contributed by atoms with E-state index in [9.17, 15) is 0 Å².